The largest absolute Gasteiger partial charge is 0.379 e. The monoisotopic (exact) mass is 179 g/mol. The Morgan fingerprint density at radius 3 is 2.62 bits per heavy atom. The van der Waals surface area contributed by atoms with Crippen LogP contribution in [0.2, 0.25) is 0 Å². The van der Waals surface area contributed by atoms with Gasteiger partial charge in [-0.1, -0.05) is 0 Å². The number of rotatable bonds is 5. The summed E-state index contributed by atoms with van der Waals surface area (Å²) in [5.74, 6) is 0. The summed E-state index contributed by atoms with van der Waals surface area (Å²) in [5, 5.41) is 0. The minimum absolute atomic E-state index is 0.345. The third-order valence-corrected chi connectivity index (χ3v) is 1.81. The van der Waals surface area contributed by atoms with Crippen molar-refractivity contribution in [3.05, 3.63) is 30.1 Å². The number of nitrogens with zero attached hydrogens (tertiary/aromatic N) is 1. The van der Waals surface area contributed by atoms with Gasteiger partial charge in [0.1, 0.15) is 0 Å². The topological polar surface area (TPSA) is 22.1 Å². The van der Waals surface area contributed by atoms with Gasteiger partial charge in [0.05, 0.1) is 6.10 Å². The van der Waals surface area contributed by atoms with Gasteiger partial charge in [0, 0.05) is 19.0 Å². The molecule has 0 unspecified atom stereocenters. The van der Waals surface area contributed by atoms with E-state index in [2.05, 4.69) is 31.0 Å². The summed E-state index contributed by atoms with van der Waals surface area (Å²) >= 11 is 0. The molecule has 13 heavy (non-hydrogen) atoms. The molecule has 1 rings (SSSR count). The van der Waals surface area contributed by atoms with Gasteiger partial charge in [0.15, 0.2) is 0 Å². The summed E-state index contributed by atoms with van der Waals surface area (Å²) in [5.41, 5.74) is 1.34. The zero-order valence-electron chi connectivity index (χ0n) is 8.36. The van der Waals surface area contributed by atoms with Crippen molar-refractivity contribution >= 4 is 0 Å². The van der Waals surface area contributed by atoms with E-state index >= 15 is 0 Å². The van der Waals surface area contributed by atoms with E-state index in [1.54, 1.807) is 0 Å². The molecule has 0 spiro atoms. The van der Waals surface area contributed by atoms with E-state index in [4.69, 9.17) is 4.74 Å². The predicted molar refractivity (Wildman–Crippen MR) is 53.6 cm³/mol. The zero-order chi connectivity index (χ0) is 9.52. The van der Waals surface area contributed by atoms with Crippen LogP contribution in [0.15, 0.2) is 24.5 Å². The highest BCUT2D eigenvalue weighted by molar-refractivity contribution is 5.09. The third kappa shape index (κ3) is 4.63. The highest BCUT2D eigenvalue weighted by Crippen LogP contribution is 2.01. The number of hydrogen-bond acceptors (Lipinski definition) is 2. The molecule has 72 valence electrons. The van der Waals surface area contributed by atoms with Crippen LogP contribution in [0, 0.1) is 0 Å². The molecule has 0 aliphatic carbocycles. The Hall–Kier alpha value is -0.890. The van der Waals surface area contributed by atoms with Crippen LogP contribution >= 0.6 is 0 Å². The highest BCUT2D eigenvalue weighted by atomic mass is 16.5. The second kappa shape index (κ2) is 5.70. The summed E-state index contributed by atoms with van der Waals surface area (Å²) in [4.78, 5) is 3.97. The number of hydrogen-bond donors (Lipinski definition) is 0. The number of pyridine rings is 1. The summed E-state index contributed by atoms with van der Waals surface area (Å²) in [6.07, 6.45) is 6.17. The molecule has 0 bridgehead atoms. The van der Waals surface area contributed by atoms with Crippen molar-refractivity contribution in [2.75, 3.05) is 6.61 Å². The summed E-state index contributed by atoms with van der Waals surface area (Å²) in [6, 6.07) is 4.10. The van der Waals surface area contributed by atoms with Gasteiger partial charge in [-0.2, -0.15) is 0 Å². The lowest BCUT2D eigenvalue weighted by Crippen LogP contribution is -2.04. The molecule has 1 heterocycles. The second-order valence-corrected chi connectivity index (χ2v) is 3.38. The molecule has 2 nitrogen and oxygen atoms in total. The molecular weight excluding hydrogens is 162 g/mol. The molecule has 1 aromatic rings. The molecule has 0 atom stereocenters. The van der Waals surface area contributed by atoms with Crippen LogP contribution in [-0.2, 0) is 11.2 Å². The number of ether oxygens (including phenoxy) is 1. The van der Waals surface area contributed by atoms with Crippen molar-refractivity contribution in [1.29, 1.82) is 0 Å². The van der Waals surface area contributed by atoms with Gasteiger partial charge in [0.2, 0.25) is 0 Å². The van der Waals surface area contributed by atoms with Crippen molar-refractivity contribution in [2.45, 2.75) is 32.8 Å². The second-order valence-electron chi connectivity index (χ2n) is 3.38. The van der Waals surface area contributed by atoms with Gasteiger partial charge in [-0.15, -0.1) is 0 Å². The minimum Gasteiger partial charge on any atom is -0.379 e. The van der Waals surface area contributed by atoms with Crippen LogP contribution < -0.4 is 0 Å². The molecule has 2 heteroatoms. The first kappa shape index (κ1) is 10.2. The Morgan fingerprint density at radius 1 is 1.31 bits per heavy atom. The molecule has 0 aromatic carbocycles. The first-order valence-electron chi connectivity index (χ1n) is 4.79. The van der Waals surface area contributed by atoms with Gasteiger partial charge in [-0.25, -0.2) is 0 Å². The summed E-state index contributed by atoms with van der Waals surface area (Å²) < 4.78 is 5.45. The van der Waals surface area contributed by atoms with E-state index in [1.165, 1.54) is 5.56 Å². The third-order valence-electron chi connectivity index (χ3n) is 1.81. The fraction of sp³-hybridized carbons (Fsp3) is 0.545. The van der Waals surface area contributed by atoms with Crippen LogP contribution in [0.25, 0.3) is 0 Å². The fourth-order valence-electron chi connectivity index (χ4n) is 1.14. The van der Waals surface area contributed by atoms with E-state index in [0.717, 1.165) is 19.4 Å². The smallest absolute Gasteiger partial charge is 0.0518 e. The maximum Gasteiger partial charge on any atom is 0.0518 e. The molecule has 1 aromatic heterocycles. The van der Waals surface area contributed by atoms with Crippen molar-refractivity contribution < 1.29 is 4.74 Å². The normalized spacial score (nSPS) is 10.7. The van der Waals surface area contributed by atoms with Gasteiger partial charge >= 0.3 is 0 Å². The maximum absolute atomic E-state index is 5.45. The van der Waals surface area contributed by atoms with Crippen molar-refractivity contribution in [3.63, 3.8) is 0 Å². The van der Waals surface area contributed by atoms with Crippen molar-refractivity contribution in [2.24, 2.45) is 0 Å². The Balaban J connectivity index is 2.13. The Kier molecular flexibility index (Phi) is 4.47. The number of aromatic nitrogens is 1. The SMILES string of the molecule is CC(C)OCCCc1ccncc1. The van der Waals surface area contributed by atoms with E-state index < -0.39 is 0 Å². The molecule has 0 saturated carbocycles. The van der Waals surface area contributed by atoms with E-state index in [-0.39, 0.29) is 0 Å². The average Bonchev–Trinajstić information content (AvgIpc) is 2.14. The molecule has 0 N–H and O–H groups in total. The minimum atomic E-state index is 0.345. The first-order chi connectivity index (χ1) is 6.29. The lowest BCUT2D eigenvalue weighted by atomic mass is 10.1. The van der Waals surface area contributed by atoms with E-state index in [9.17, 15) is 0 Å². The van der Waals surface area contributed by atoms with Crippen molar-refractivity contribution in [1.82, 2.24) is 4.98 Å². The van der Waals surface area contributed by atoms with Gasteiger partial charge in [-0.05, 0) is 44.4 Å². The molecule has 0 amide bonds. The highest BCUT2D eigenvalue weighted by Gasteiger charge is 1.94. The Morgan fingerprint density at radius 2 is 2.00 bits per heavy atom. The van der Waals surface area contributed by atoms with Gasteiger partial charge < -0.3 is 4.74 Å². The average molecular weight is 179 g/mol. The maximum atomic E-state index is 5.45. The molecule has 0 aliphatic heterocycles. The van der Waals surface area contributed by atoms with E-state index in [1.807, 2.05) is 12.4 Å². The molecule has 0 fully saturated rings. The van der Waals surface area contributed by atoms with Gasteiger partial charge in [-0.3, -0.25) is 4.98 Å². The first-order valence-corrected chi connectivity index (χ1v) is 4.79. The summed E-state index contributed by atoms with van der Waals surface area (Å²) in [6.45, 7) is 4.97. The Bertz CT molecular complexity index is 221. The lowest BCUT2D eigenvalue weighted by Gasteiger charge is -2.06. The molecule has 0 aliphatic rings. The van der Waals surface area contributed by atoms with Gasteiger partial charge in [0.25, 0.3) is 0 Å². The molecule has 0 radical (unpaired) electrons. The van der Waals surface area contributed by atoms with Crippen LogP contribution in [-0.4, -0.2) is 17.7 Å². The van der Waals surface area contributed by atoms with Crippen molar-refractivity contribution in [3.8, 4) is 0 Å². The molecule has 0 saturated heterocycles. The van der Waals surface area contributed by atoms with Crippen LogP contribution in [0.1, 0.15) is 25.8 Å². The van der Waals surface area contributed by atoms with E-state index in [0.29, 0.717) is 6.10 Å². The summed E-state index contributed by atoms with van der Waals surface area (Å²) in [7, 11) is 0. The quantitative estimate of drug-likeness (QED) is 0.648. The molecular formula is C11H17NO. The predicted octanol–water partition coefficient (Wildman–Crippen LogP) is 2.44. The lowest BCUT2D eigenvalue weighted by molar-refractivity contribution is 0.0772. The van der Waals surface area contributed by atoms with Crippen LogP contribution in [0.4, 0.5) is 0 Å². The standard InChI is InChI=1S/C11H17NO/c1-10(2)13-9-3-4-11-5-7-12-8-6-11/h5-8,10H,3-4,9H2,1-2H3. The fourth-order valence-corrected chi connectivity index (χ4v) is 1.14. The zero-order valence-corrected chi connectivity index (χ0v) is 8.36. The Labute approximate surface area is 80.0 Å². The number of aryl methyl sites for hydroxylation is 1. The van der Waals surface area contributed by atoms with Crippen LogP contribution in [0.5, 0.6) is 0 Å². The van der Waals surface area contributed by atoms with Crippen LogP contribution in [0.3, 0.4) is 0 Å².